The van der Waals surface area contributed by atoms with E-state index in [9.17, 15) is 28.2 Å². The van der Waals surface area contributed by atoms with Crippen LogP contribution in [0.25, 0.3) is 11.3 Å². The Kier molecular flexibility index (Phi) is 11.6. The number of amides is 1. The molecule has 0 radical (unpaired) electrons. The molecule has 0 aliphatic heterocycles. The molecule has 7 aliphatic rings. The Bertz CT molecular complexity index is 2080. The summed E-state index contributed by atoms with van der Waals surface area (Å²) in [5.41, 5.74) is -4.05. The molecule has 1 heterocycles. The predicted octanol–water partition coefficient (Wildman–Crippen LogP) is 11.3. The molecule has 1 amide bonds. The molecule has 2 N–H and O–H groups in total. The van der Waals surface area contributed by atoms with Crippen molar-refractivity contribution in [3.05, 3.63) is 70.5 Å². The molecule has 2 spiro atoms. The van der Waals surface area contributed by atoms with Gasteiger partial charge in [0, 0.05) is 47.6 Å². The van der Waals surface area contributed by atoms with Crippen LogP contribution in [0.1, 0.15) is 121 Å². The third kappa shape index (κ3) is 7.14. The van der Waals surface area contributed by atoms with Crippen LogP contribution < -0.4 is 0 Å². The van der Waals surface area contributed by atoms with E-state index in [0.29, 0.717) is 75.5 Å². The van der Waals surface area contributed by atoms with Crippen LogP contribution in [0, 0.1) is 51.2 Å². The van der Waals surface area contributed by atoms with Crippen LogP contribution in [0.4, 0.5) is 18.0 Å². The lowest BCUT2D eigenvalue weighted by Crippen LogP contribution is -2.67. The Labute approximate surface area is 363 Å². The van der Waals surface area contributed by atoms with E-state index in [2.05, 4.69) is 52.8 Å². The van der Waals surface area contributed by atoms with E-state index in [1.54, 1.807) is 12.0 Å². The largest absolute Gasteiger partial charge is 0.453 e. The van der Waals surface area contributed by atoms with Crippen molar-refractivity contribution in [3.63, 3.8) is 0 Å². The van der Waals surface area contributed by atoms with E-state index < -0.39 is 45.8 Å². The first kappa shape index (κ1) is 44.5. The third-order valence-electron chi connectivity index (χ3n) is 17.0. The van der Waals surface area contributed by atoms with Gasteiger partial charge in [-0.25, -0.2) is 4.79 Å². The Hall–Kier alpha value is -3.12. The molecule has 1 aromatic heterocycles. The minimum absolute atomic E-state index is 0.00162. The number of hydrogen-bond acceptors (Lipinski definition) is 7. The summed E-state index contributed by atoms with van der Waals surface area (Å²) >= 11 is 6.41. The van der Waals surface area contributed by atoms with Gasteiger partial charge in [-0.1, -0.05) is 70.9 Å². The van der Waals surface area contributed by atoms with Gasteiger partial charge in [0.25, 0.3) is 0 Å². The number of furan rings is 1. The topological polar surface area (TPSA) is 109 Å². The van der Waals surface area contributed by atoms with Crippen molar-refractivity contribution < 1.29 is 46.9 Å². The summed E-state index contributed by atoms with van der Waals surface area (Å²) in [5.74, 6) is 0.547. The first-order valence-electron chi connectivity index (χ1n) is 22.5. The number of ether oxygens (including phenoxy) is 2. The van der Waals surface area contributed by atoms with Gasteiger partial charge < -0.3 is 29.0 Å². The lowest BCUT2D eigenvalue weighted by molar-refractivity contribution is -0.175. The average molecular weight is 870 g/mol. The summed E-state index contributed by atoms with van der Waals surface area (Å²) in [4.78, 5) is 31.2. The summed E-state index contributed by atoms with van der Waals surface area (Å²) < 4.78 is 59.2. The Morgan fingerprint density at radius 2 is 1.72 bits per heavy atom. The highest BCUT2D eigenvalue weighted by atomic mass is 35.5. The summed E-state index contributed by atoms with van der Waals surface area (Å²) in [6, 6.07) is 6.02. The van der Waals surface area contributed by atoms with Gasteiger partial charge in [0.1, 0.15) is 11.9 Å². The molecule has 2 bridgehead atoms. The maximum Gasteiger partial charge on any atom is 0.416 e. The number of Topliss-reactive ketones (excluding diaryl/α,β-unsaturated/α-hetero) is 1. The van der Waals surface area contributed by atoms with Crippen LogP contribution in [0.15, 0.2) is 58.6 Å². The van der Waals surface area contributed by atoms with Crippen LogP contribution in [0.3, 0.4) is 0 Å². The fourth-order valence-electron chi connectivity index (χ4n) is 13.6. The maximum absolute atomic E-state index is 15.2. The Morgan fingerprint density at radius 3 is 2.44 bits per heavy atom. The molecule has 11 unspecified atom stereocenters. The van der Waals surface area contributed by atoms with Crippen LogP contribution in [0.5, 0.6) is 0 Å². The monoisotopic (exact) mass is 869 g/mol. The molecular weight excluding hydrogens is 807 g/mol. The number of nitrogens with zero attached hydrogens (tertiary/aromatic N) is 1. The number of halogens is 4. The number of allylic oxidation sites excluding steroid dienone is 4. The number of hydrogen-bond donors (Lipinski definition) is 2. The molecule has 0 saturated heterocycles. The Balaban J connectivity index is 1.15. The van der Waals surface area contributed by atoms with Crippen molar-refractivity contribution in [2.24, 2.45) is 51.2 Å². The molecular formula is C49H63ClF3NO7. The number of benzene rings is 1. The number of carbonyl (C=O) groups is 2. The van der Waals surface area contributed by atoms with E-state index >= 15 is 4.79 Å². The smallest absolute Gasteiger partial charge is 0.416 e. The van der Waals surface area contributed by atoms with Crippen molar-refractivity contribution >= 4 is 23.5 Å². The van der Waals surface area contributed by atoms with E-state index in [4.69, 9.17) is 25.5 Å². The molecule has 4 fully saturated rings. The molecule has 9 rings (SSSR count). The fourth-order valence-corrected chi connectivity index (χ4v) is 13.8. The summed E-state index contributed by atoms with van der Waals surface area (Å²) in [6.45, 7) is 11.9. The van der Waals surface area contributed by atoms with Gasteiger partial charge in [0.05, 0.1) is 28.8 Å². The second-order valence-corrected chi connectivity index (χ2v) is 20.9. The highest BCUT2D eigenvalue weighted by molar-refractivity contribution is 6.33. The molecule has 12 heteroatoms. The van der Waals surface area contributed by atoms with Crippen molar-refractivity contribution in [1.29, 1.82) is 0 Å². The average Bonchev–Trinajstić information content (AvgIpc) is 3.79. The molecule has 2 aromatic rings. The third-order valence-corrected chi connectivity index (χ3v) is 17.4. The molecule has 7 aliphatic carbocycles. The number of aliphatic hydroxyl groups excluding tert-OH is 1. The van der Waals surface area contributed by atoms with E-state index in [1.165, 1.54) is 18.2 Å². The quantitative estimate of drug-likeness (QED) is 0.131. The molecule has 1 aromatic carbocycles. The fraction of sp³-hybridized carbons (Fsp3) is 0.673. The van der Waals surface area contributed by atoms with Gasteiger partial charge in [-0.2, -0.15) is 13.2 Å². The molecule has 61 heavy (non-hydrogen) atoms. The summed E-state index contributed by atoms with van der Waals surface area (Å²) in [6.07, 6.45) is 8.53. The lowest BCUT2D eigenvalue weighted by Gasteiger charge is -2.71. The lowest BCUT2D eigenvalue weighted by atomic mass is 9.32. The van der Waals surface area contributed by atoms with Gasteiger partial charge in [-0.3, -0.25) is 4.79 Å². The van der Waals surface area contributed by atoms with E-state index in [0.717, 1.165) is 37.8 Å². The van der Waals surface area contributed by atoms with Gasteiger partial charge in [-0.15, -0.1) is 0 Å². The number of rotatable bonds is 11. The van der Waals surface area contributed by atoms with Gasteiger partial charge in [-0.05, 0) is 130 Å². The van der Waals surface area contributed by atoms with Crippen molar-refractivity contribution in [2.75, 3.05) is 26.8 Å². The Morgan fingerprint density at radius 1 is 1.00 bits per heavy atom. The second-order valence-electron chi connectivity index (χ2n) is 20.5. The highest BCUT2D eigenvalue weighted by Gasteiger charge is 2.74. The summed E-state index contributed by atoms with van der Waals surface area (Å²) in [5, 5.41) is 24.4. The van der Waals surface area contributed by atoms with Crippen molar-refractivity contribution in [1.82, 2.24) is 4.90 Å². The van der Waals surface area contributed by atoms with E-state index in [-0.39, 0.29) is 63.7 Å². The van der Waals surface area contributed by atoms with Crippen LogP contribution >= 0.6 is 11.6 Å². The normalized spacial score (nSPS) is 37.8. The summed E-state index contributed by atoms with van der Waals surface area (Å²) in [7, 11) is 1.63. The van der Waals surface area contributed by atoms with Crippen LogP contribution in [-0.4, -0.2) is 71.6 Å². The molecule has 334 valence electrons. The van der Waals surface area contributed by atoms with Gasteiger partial charge in [0.15, 0.2) is 5.76 Å². The SMILES string of the molecule is COCCCN(CC1(O)CCC2C34C=CC5(C=C3C(=O)c3ccc(-c6cc(C(F)(F)F)ccc6Cl)o3)CC(O)CCC5(C)C4CCC21C)C(=O)OC1CC(C)CCC1C(C)C. The van der Waals surface area contributed by atoms with Gasteiger partial charge >= 0.3 is 12.3 Å². The van der Waals surface area contributed by atoms with E-state index in [1.807, 2.05) is 0 Å². The number of methoxy groups -OCH3 is 1. The number of alkyl halides is 3. The molecule has 4 saturated carbocycles. The minimum atomic E-state index is -4.60. The number of fused-ring (bicyclic) bond motifs is 1. The first-order chi connectivity index (χ1) is 28.7. The molecule has 11 atom stereocenters. The minimum Gasteiger partial charge on any atom is -0.453 e. The second kappa shape index (κ2) is 15.8. The zero-order valence-corrected chi connectivity index (χ0v) is 37.2. The highest BCUT2D eigenvalue weighted by Crippen LogP contribution is 2.78. The number of ketones is 1. The van der Waals surface area contributed by atoms with Crippen molar-refractivity contribution in [3.8, 4) is 11.3 Å². The predicted molar refractivity (Wildman–Crippen MR) is 227 cm³/mol. The first-order valence-corrected chi connectivity index (χ1v) is 22.9. The standard InChI is InChI=1S/C49H63ClF3NO7/c1-29(2)33-10-8-30(3)24-39(33)61-43(57)54(22-7-23-59-6)28-47(58)19-16-41-45(47,5)18-15-40-44(4)17-14-32(55)26-46(44)20-21-48(40,41)35(27-46)42(56)38-13-12-37(60-38)34-25-31(49(51,52)53)9-11-36(34)50/h9,11-13,20-21,25,27,29-30,32-33,39-41,55,58H,7-8,10,14-19,22-24,26,28H2,1-6H3. The van der Waals surface area contributed by atoms with Crippen molar-refractivity contribution in [2.45, 2.75) is 129 Å². The number of carbonyl (C=O) groups excluding carboxylic acids is 2. The van der Waals surface area contributed by atoms with Crippen LogP contribution in [-0.2, 0) is 15.7 Å². The van der Waals surface area contributed by atoms with Gasteiger partial charge in [0.2, 0.25) is 5.78 Å². The number of aliphatic hydroxyl groups is 2. The zero-order chi connectivity index (χ0) is 43.9. The molecule has 8 nitrogen and oxygen atoms in total. The van der Waals surface area contributed by atoms with Crippen LogP contribution in [0.2, 0.25) is 5.02 Å². The zero-order valence-electron chi connectivity index (χ0n) is 36.5. The maximum atomic E-state index is 15.2.